The van der Waals surface area contributed by atoms with Crippen molar-refractivity contribution in [2.24, 2.45) is 5.73 Å². The molecule has 1 rings (SSSR count). The highest BCUT2D eigenvalue weighted by molar-refractivity contribution is 5.64. The lowest BCUT2D eigenvalue weighted by Gasteiger charge is -2.10. The van der Waals surface area contributed by atoms with E-state index in [1.54, 1.807) is 0 Å². The predicted molar refractivity (Wildman–Crippen MR) is 122 cm³/mol. The fraction of sp³-hybridized carbons (Fsp3) is 0.360. The van der Waals surface area contributed by atoms with E-state index in [0.717, 1.165) is 16.7 Å². The summed E-state index contributed by atoms with van der Waals surface area (Å²) in [7, 11) is 0. The van der Waals surface area contributed by atoms with Gasteiger partial charge in [0, 0.05) is 5.70 Å². The lowest BCUT2D eigenvalue weighted by atomic mass is 9.97. The predicted octanol–water partition coefficient (Wildman–Crippen LogP) is 7.72. The third kappa shape index (κ3) is 9.88. The van der Waals surface area contributed by atoms with Crippen molar-refractivity contribution in [1.29, 1.82) is 0 Å². The van der Waals surface area contributed by atoms with Crippen molar-refractivity contribution in [3.8, 4) is 0 Å². The number of allylic oxidation sites excluding steroid dienone is 6. The molecule has 0 radical (unpaired) electrons. The van der Waals surface area contributed by atoms with Gasteiger partial charge in [-0.2, -0.15) is 0 Å². The molecule has 0 aromatic heterocycles. The lowest BCUT2D eigenvalue weighted by molar-refractivity contribution is 0.865. The first-order chi connectivity index (χ1) is 12.1. The van der Waals surface area contributed by atoms with Gasteiger partial charge in [0.15, 0.2) is 0 Å². The molecule has 1 nitrogen and oxygen atoms in total. The van der Waals surface area contributed by atoms with Crippen molar-refractivity contribution in [3.05, 3.63) is 89.6 Å². The fourth-order valence-corrected chi connectivity index (χ4v) is 2.02. The van der Waals surface area contributed by atoms with Gasteiger partial charge < -0.3 is 5.73 Å². The Morgan fingerprint density at radius 2 is 1.62 bits per heavy atom. The highest BCUT2D eigenvalue weighted by atomic mass is 14.6. The zero-order chi connectivity index (χ0) is 20.9. The van der Waals surface area contributed by atoms with Crippen molar-refractivity contribution in [1.82, 2.24) is 0 Å². The minimum Gasteiger partial charge on any atom is -0.399 e. The van der Waals surface area contributed by atoms with E-state index in [0.29, 0.717) is 11.6 Å². The molecule has 0 spiro atoms. The van der Waals surface area contributed by atoms with E-state index in [4.69, 9.17) is 5.73 Å². The van der Waals surface area contributed by atoms with Crippen molar-refractivity contribution in [2.75, 3.05) is 0 Å². The Morgan fingerprint density at radius 1 is 1.08 bits per heavy atom. The number of hydrogen-bond acceptors (Lipinski definition) is 1. The quantitative estimate of drug-likeness (QED) is 0.539. The molecule has 26 heavy (non-hydrogen) atoms. The first kappa shape index (κ1) is 26.0. The molecule has 0 heterocycles. The molecule has 1 aromatic rings. The Labute approximate surface area is 162 Å². The van der Waals surface area contributed by atoms with Crippen molar-refractivity contribution >= 4 is 5.70 Å². The summed E-state index contributed by atoms with van der Waals surface area (Å²) in [5, 5.41) is 0. The summed E-state index contributed by atoms with van der Waals surface area (Å²) in [4.78, 5) is 0. The maximum atomic E-state index is 5.69. The third-order valence-electron chi connectivity index (χ3n) is 3.80. The van der Waals surface area contributed by atoms with Gasteiger partial charge in [-0.3, -0.25) is 0 Å². The van der Waals surface area contributed by atoms with Crippen LogP contribution in [-0.2, 0) is 0 Å². The van der Waals surface area contributed by atoms with Crippen LogP contribution in [0.1, 0.15) is 71.1 Å². The van der Waals surface area contributed by atoms with Crippen LogP contribution in [-0.4, -0.2) is 0 Å². The van der Waals surface area contributed by atoms with Crippen LogP contribution in [0.3, 0.4) is 0 Å². The van der Waals surface area contributed by atoms with E-state index >= 15 is 0 Å². The first-order valence-corrected chi connectivity index (χ1v) is 9.31. The van der Waals surface area contributed by atoms with Gasteiger partial charge in [-0.15, -0.1) is 0 Å². The molecule has 0 bridgehead atoms. The average molecular weight is 354 g/mol. The fourth-order valence-electron chi connectivity index (χ4n) is 2.02. The average Bonchev–Trinajstić information content (AvgIpc) is 2.61. The Balaban J connectivity index is 0. The van der Waals surface area contributed by atoms with Crippen LogP contribution < -0.4 is 5.73 Å². The van der Waals surface area contributed by atoms with Crippen LogP contribution in [0.2, 0.25) is 0 Å². The summed E-state index contributed by atoms with van der Waals surface area (Å²) >= 11 is 0. The van der Waals surface area contributed by atoms with Crippen LogP contribution >= 0.6 is 0 Å². The molecule has 0 amide bonds. The Kier molecular flexibility index (Phi) is 13.9. The Bertz CT molecular complexity index is 655. The largest absolute Gasteiger partial charge is 0.399 e. The second-order valence-electron chi connectivity index (χ2n) is 6.39. The van der Waals surface area contributed by atoms with Crippen LogP contribution in [0.15, 0.2) is 72.9 Å². The maximum Gasteiger partial charge on any atom is 0.0317 e. The molecule has 0 saturated carbocycles. The maximum absolute atomic E-state index is 5.69. The van der Waals surface area contributed by atoms with Crippen LogP contribution in [0.25, 0.3) is 5.70 Å². The summed E-state index contributed by atoms with van der Waals surface area (Å²) in [6, 6.07) is 6.37. The minimum absolute atomic E-state index is 0.540. The smallest absolute Gasteiger partial charge is 0.0317 e. The van der Waals surface area contributed by atoms with Crippen LogP contribution in [0, 0.1) is 6.92 Å². The highest BCUT2D eigenvalue weighted by Gasteiger charge is 2.04. The summed E-state index contributed by atoms with van der Waals surface area (Å²) in [6.45, 7) is 27.9. The van der Waals surface area contributed by atoms with Crippen molar-refractivity contribution in [3.63, 3.8) is 0 Å². The van der Waals surface area contributed by atoms with E-state index in [1.807, 2.05) is 52.8 Å². The number of aryl methyl sites for hydroxylation is 1. The van der Waals surface area contributed by atoms with Crippen molar-refractivity contribution < 1.29 is 0 Å². The number of rotatable bonds is 5. The molecule has 0 aliphatic rings. The molecule has 0 fully saturated rings. The first-order valence-electron chi connectivity index (χ1n) is 9.31. The zero-order valence-electron chi connectivity index (χ0n) is 18.2. The van der Waals surface area contributed by atoms with Gasteiger partial charge in [0.25, 0.3) is 0 Å². The standard InChI is InChI=1S/C12H17N.C11H16.C2H6/c1-8(2)11-6-5-9(3)12(7-11)10(4)13;1-6-7-8-10(4)11(5)9(2)3;1-2/h5-8H,4,13H2,1-3H3;6-8H,2,5H2,1,3-4H3;1-2H3/b;7-6-,10-8-;. The van der Waals surface area contributed by atoms with Crippen LogP contribution in [0.5, 0.6) is 0 Å². The molecule has 0 saturated heterocycles. The normalized spacial score (nSPS) is 10.6. The number of hydrogen-bond donors (Lipinski definition) is 1. The van der Waals surface area contributed by atoms with Gasteiger partial charge >= 0.3 is 0 Å². The lowest BCUT2D eigenvalue weighted by Crippen LogP contribution is -1.99. The van der Waals surface area contributed by atoms with Gasteiger partial charge in [-0.05, 0) is 67.5 Å². The second-order valence-corrected chi connectivity index (χ2v) is 6.39. The molecule has 0 unspecified atom stereocenters. The van der Waals surface area contributed by atoms with E-state index in [9.17, 15) is 0 Å². The molecular formula is C25H39N. The third-order valence-corrected chi connectivity index (χ3v) is 3.80. The summed E-state index contributed by atoms with van der Waals surface area (Å²) in [5.74, 6) is 0.540. The highest BCUT2D eigenvalue weighted by Crippen LogP contribution is 2.21. The Hall–Kier alpha value is -2.28. The van der Waals surface area contributed by atoms with Crippen LogP contribution in [0.4, 0.5) is 0 Å². The topological polar surface area (TPSA) is 26.0 Å². The SMILES string of the molecule is C=C(C)C(=C)/C(C)=C\C=C/C.C=C(N)c1cc(C(C)C)ccc1C.CC. The minimum atomic E-state index is 0.540. The second kappa shape index (κ2) is 13.9. The van der Waals surface area contributed by atoms with Gasteiger partial charge in [-0.25, -0.2) is 0 Å². The van der Waals surface area contributed by atoms with Gasteiger partial charge in [-0.1, -0.05) is 83.4 Å². The Morgan fingerprint density at radius 3 is 2.00 bits per heavy atom. The summed E-state index contributed by atoms with van der Waals surface area (Å²) in [6.07, 6.45) is 6.04. The zero-order valence-corrected chi connectivity index (χ0v) is 18.2. The van der Waals surface area contributed by atoms with Gasteiger partial charge in [0.05, 0.1) is 0 Å². The molecule has 2 N–H and O–H groups in total. The van der Waals surface area contributed by atoms with Gasteiger partial charge in [0.1, 0.15) is 0 Å². The molecule has 1 heteroatoms. The van der Waals surface area contributed by atoms with Crippen molar-refractivity contribution in [2.45, 2.75) is 61.3 Å². The monoisotopic (exact) mass is 353 g/mol. The summed E-state index contributed by atoms with van der Waals surface area (Å²) in [5.41, 5.74) is 13.2. The van der Waals surface area contributed by atoms with Gasteiger partial charge in [0.2, 0.25) is 0 Å². The van der Waals surface area contributed by atoms with E-state index in [-0.39, 0.29) is 0 Å². The van der Waals surface area contributed by atoms with E-state index in [2.05, 4.69) is 58.7 Å². The number of benzene rings is 1. The molecule has 1 aromatic carbocycles. The summed E-state index contributed by atoms with van der Waals surface area (Å²) < 4.78 is 0. The van der Waals surface area contributed by atoms with E-state index in [1.165, 1.54) is 16.7 Å². The number of nitrogens with two attached hydrogens (primary N) is 1. The molecule has 0 atom stereocenters. The molecule has 0 aliphatic carbocycles. The molecule has 144 valence electrons. The van der Waals surface area contributed by atoms with E-state index < -0.39 is 0 Å². The molecular weight excluding hydrogens is 314 g/mol. The molecule has 0 aliphatic heterocycles.